The Hall–Kier alpha value is -0.160. The molecule has 0 aromatic carbocycles. The first-order chi connectivity index (χ1) is 9.22. The van der Waals surface area contributed by atoms with Gasteiger partial charge < -0.3 is 15.2 Å². The van der Waals surface area contributed by atoms with E-state index >= 15 is 0 Å². The van der Waals surface area contributed by atoms with Crippen LogP contribution in [-0.4, -0.2) is 61.5 Å². The molecule has 3 heterocycles. The monoisotopic (exact) mass is 268 g/mol. The van der Waals surface area contributed by atoms with Crippen molar-refractivity contribution >= 4 is 0 Å². The van der Waals surface area contributed by atoms with Gasteiger partial charge in [0.05, 0.1) is 6.10 Å². The Labute approximate surface area is 116 Å². The Morgan fingerprint density at radius 3 is 2.42 bits per heavy atom. The molecule has 3 fully saturated rings. The van der Waals surface area contributed by atoms with Crippen LogP contribution in [0.2, 0.25) is 0 Å². The van der Waals surface area contributed by atoms with Gasteiger partial charge in [0.25, 0.3) is 0 Å². The number of fused-ring (bicyclic) bond motifs is 2. The van der Waals surface area contributed by atoms with Crippen molar-refractivity contribution in [1.29, 1.82) is 0 Å². The van der Waals surface area contributed by atoms with Gasteiger partial charge in [-0.05, 0) is 51.0 Å². The van der Waals surface area contributed by atoms with Crippen molar-refractivity contribution in [3.63, 3.8) is 0 Å². The largest absolute Gasteiger partial charge is 0.393 e. The number of hydrogen-bond donors (Lipinski definition) is 2. The zero-order chi connectivity index (χ0) is 13.3. The third-order valence-electron chi connectivity index (χ3n) is 5.48. The molecule has 0 radical (unpaired) electrons. The van der Waals surface area contributed by atoms with Crippen LogP contribution in [0.3, 0.4) is 0 Å². The van der Waals surface area contributed by atoms with E-state index in [1.54, 1.807) is 0 Å². The summed E-state index contributed by atoms with van der Waals surface area (Å²) in [6.45, 7) is 4.11. The highest BCUT2D eigenvalue weighted by molar-refractivity contribution is 4.99. The van der Waals surface area contributed by atoms with E-state index in [1.807, 2.05) is 0 Å². The van der Waals surface area contributed by atoms with Gasteiger partial charge in [-0.3, -0.25) is 4.90 Å². The maximum atomic E-state index is 9.92. The Balaban J connectivity index is 1.68. The van der Waals surface area contributed by atoms with Crippen LogP contribution in [0.5, 0.6) is 0 Å². The quantitative estimate of drug-likeness (QED) is 0.798. The molecule has 3 rings (SSSR count). The van der Waals surface area contributed by atoms with Crippen LogP contribution >= 0.6 is 0 Å². The van der Waals surface area contributed by atoms with Gasteiger partial charge in [0, 0.05) is 38.4 Å². The molecule has 2 unspecified atom stereocenters. The SMILES string of the molecule is CNCC1(CN2C3CCC2CC(O)C3)CCOCC1. The van der Waals surface area contributed by atoms with Crippen molar-refractivity contribution < 1.29 is 9.84 Å². The van der Waals surface area contributed by atoms with Crippen molar-refractivity contribution in [2.45, 2.75) is 56.7 Å². The van der Waals surface area contributed by atoms with Crippen LogP contribution in [-0.2, 0) is 4.74 Å². The van der Waals surface area contributed by atoms with Crippen molar-refractivity contribution in [2.24, 2.45) is 5.41 Å². The molecular weight excluding hydrogens is 240 g/mol. The van der Waals surface area contributed by atoms with E-state index < -0.39 is 0 Å². The molecule has 0 aromatic heterocycles. The maximum absolute atomic E-state index is 9.92. The maximum Gasteiger partial charge on any atom is 0.0570 e. The fourth-order valence-electron chi connectivity index (χ4n) is 4.46. The van der Waals surface area contributed by atoms with Crippen LogP contribution in [0, 0.1) is 5.41 Å². The van der Waals surface area contributed by atoms with Crippen LogP contribution in [0.1, 0.15) is 38.5 Å². The van der Waals surface area contributed by atoms with Gasteiger partial charge in [0.15, 0.2) is 0 Å². The lowest BCUT2D eigenvalue weighted by Crippen LogP contribution is -2.53. The van der Waals surface area contributed by atoms with Gasteiger partial charge >= 0.3 is 0 Å². The summed E-state index contributed by atoms with van der Waals surface area (Å²) >= 11 is 0. The molecule has 3 aliphatic heterocycles. The number of hydrogen-bond acceptors (Lipinski definition) is 4. The standard InChI is InChI=1S/C15H28N2O2/c1-16-10-15(4-6-19-7-5-15)11-17-12-2-3-13(17)9-14(18)8-12/h12-14,16,18H,2-11H2,1H3. The van der Waals surface area contributed by atoms with E-state index in [-0.39, 0.29) is 6.10 Å². The predicted molar refractivity (Wildman–Crippen MR) is 75.2 cm³/mol. The molecule has 110 valence electrons. The third-order valence-corrected chi connectivity index (χ3v) is 5.48. The lowest BCUT2D eigenvalue weighted by molar-refractivity contribution is -0.0348. The van der Waals surface area contributed by atoms with Crippen molar-refractivity contribution in [1.82, 2.24) is 10.2 Å². The first kappa shape index (κ1) is 13.8. The molecule has 0 aromatic rings. The normalized spacial score (nSPS) is 38.5. The average Bonchev–Trinajstić information content (AvgIpc) is 2.63. The molecular formula is C15H28N2O2. The van der Waals surface area contributed by atoms with Crippen molar-refractivity contribution in [3.05, 3.63) is 0 Å². The summed E-state index contributed by atoms with van der Waals surface area (Å²) in [7, 11) is 2.06. The molecule has 0 aliphatic carbocycles. The molecule has 4 nitrogen and oxygen atoms in total. The molecule has 3 aliphatic rings. The zero-order valence-electron chi connectivity index (χ0n) is 12.1. The molecule has 0 saturated carbocycles. The Morgan fingerprint density at radius 1 is 1.21 bits per heavy atom. The number of aliphatic hydroxyl groups excluding tert-OH is 1. The van der Waals surface area contributed by atoms with Crippen molar-refractivity contribution in [2.75, 3.05) is 33.4 Å². The van der Waals surface area contributed by atoms with Gasteiger partial charge in [-0.1, -0.05) is 0 Å². The van der Waals surface area contributed by atoms with E-state index in [1.165, 1.54) is 32.2 Å². The van der Waals surface area contributed by atoms with Crippen LogP contribution in [0.25, 0.3) is 0 Å². The molecule has 2 atom stereocenters. The third kappa shape index (κ3) is 2.82. The van der Waals surface area contributed by atoms with Gasteiger partial charge in [-0.15, -0.1) is 0 Å². The van der Waals surface area contributed by atoms with E-state index in [0.717, 1.165) is 32.6 Å². The minimum Gasteiger partial charge on any atom is -0.393 e. The van der Waals surface area contributed by atoms with Crippen molar-refractivity contribution in [3.8, 4) is 0 Å². The predicted octanol–water partition coefficient (Wildman–Crippen LogP) is 0.990. The van der Waals surface area contributed by atoms with E-state index in [0.29, 0.717) is 17.5 Å². The fourth-order valence-corrected chi connectivity index (χ4v) is 4.46. The molecule has 2 N–H and O–H groups in total. The summed E-state index contributed by atoms with van der Waals surface area (Å²) in [5, 5.41) is 13.3. The number of aliphatic hydroxyl groups is 1. The molecule has 0 amide bonds. The molecule has 2 bridgehead atoms. The lowest BCUT2D eigenvalue weighted by Gasteiger charge is -2.46. The second-order valence-electron chi connectivity index (χ2n) is 6.83. The average molecular weight is 268 g/mol. The summed E-state index contributed by atoms with van der Waals surface area (Å²) in [6.07, 6.45) is 6.84. The Morgan fingerprint density at radius 2 is 1.84 bits per heavy atom. The number of rotatable bonds is 4. The Kier molecular flexibility index (Phi) is 4.13. The van der Waals surface area contributed by atoms with Crippen LogP contribution in [0.4, 0.5) is 0 Å². The van der Waals surface area contributed by atoms with E-state index in [9.17, 15) is 5.11 Å². The molecule has 0 spiro atoms. The molecule has 4 heteroatoms. The number of ether oxygens (including phenoxy) is 1. The van der Waals surface area contributed by atoms with Gasteiger partial charge in [0.2, 0.25) is 0 Å². The van der Waals surface area contributed by atoms with Crippen LogP contribution < -0.4 is 5.32 Å². The summed E-state index contributed by atoms with van der Waals surface area (Å²) in [5.74, 6) is 0. The topological polar surface area (TPSA) is 44.7 Å². The molecule has 3 saturated heterocycles. The van der Waals surface area contributed by atoms with Crippen LogP contribution in [0.15, 0.2) is 0 Å². The first-order valence-electron chi connectivity index (χ1n) is 7.89. The highest BCUT2D eigenvalue weighted by Crippen LogP contribution is 2.40. The number of piperidine rings is 1. The van der Waals surface area contributed by atoms with Gasteiger partial charge in [0.1, 0.15) is 0 Å². The van der Waals surface area contributed by atoms with E-state index in [4.69, 9.17) is 4.74 Å². The minimum atomic E-state index is -0.0521. The smallest absolute Gasteiger partial charge is 0.0570 e. The van der Waals surface area contributed by atoms with Gasteiger partial charge in [-0.2, -0.15) is 0 Å². The first-order valence-corrected chi connectivity index (χ1v) is 7.89. The zero-order valence-corrected chi connectivity index (χ0v) is 12.1. The van der Waals surface area contributed by atoms with E-state index in [2.05, 4.69) is 17.3 Å². The van der Waals surface area contributed by atoms with Gasteiger partial charge in [-0.25, -0.2) is 0 Å². The summed E-state index contributed by atoms with van der Waals surface area (Å²) in [6, 6.07) is 1.26. The number of nitrogens with one attached hydrogen (secondary N) is 1. The summed E-state index contributed by atoms with van der Waals surface area (Å²) in [5.41, 5.74) is 0.385. The highest BCUT2D eigenvalue weighted by atomic mass is 16.5. The second-order valence-corrected chi connectivity index (χ2v) is 6.83. The Bertz CT molecular complexity index is 285. The minimum absolute atomic E-state index is 0.0521. The molecule has 19 heavy (non-hydrogen) atoms. The number of nitrogens with zero attached hydrogens (tertiary/aromatic N) is 1. The highest BCUT2D eigenvalue weighted by Gasteiger charge is 2.44. The summed E-state index contributed by atoms with van der Waals surface area (Å²) < 4.78 is 5.56. The summed E-state index contributed by atoms with van der Waals surface area (Å²) in [4.78, 5) is 2.72. The lowest BCUT2D eigenvalue weighted by atomic mass is 9.78. The fraction of sp³-hybridized carbons (Fsp3) is 1.00. The second kappa shape index (κ2) is 5.68.